The molecular weight excluding hydrogens is 206 g/mol. The van der Waals surface area contributed by atoms with E-state index in [1.165, 1.54) is 0 Å². The normalized spacial score (nSPS) is 12.7. The molecule has 0 bridgehead atoms. The van der Waals surface area contributed by atoms with E-state index in [9.17, 15) is 4.79 Å². The summed E-state index contributed by atoms with van der Waals surface area (Å²) in [4.78, 5) is 10.5. The van der Waals surface area contributed by atoms with E-state index in [0.717, 1.165) is 24.4 Å². The van der Waals surface area contributed by atoms with Crippen molar-refractivity contribution in [1.29, 1.82) is 0 Å². The molecule has 1 aromatic rings. The highest BCUT2D eigenvalue weighted by Crippen LogP contribution is 2.02. The summed E-state index contributed by atoms with van der Waals surface area (Å²) < 4.78 is 1.95. The van der Waals surface area contributed by atoms with E-state index < -0.39 is 12.0 Å². The van der Waals surface area contributed by atoms with Gasteiger partial charge in [-0.2, -0.15) is 5.10 Å². The molecule has 0 saturated heterocycles. The first-order valence-electron chi connectivity index (χ1n) is 5.48. The molecule has 5 heteroatoms. The van der Waals surface area contributed by atoms with Crippen LogP contribution in [0.25, 0.3) is 0 Å². The summed E-state index contributed by atoms with van der Waals surface area (Å²) in [7, 11) is 0. The number of carbonyl (C=O) groups is 1. The number of carboxylic acid groups (broad SMARTS) is 1. The van der Waals surface area contributed by atoms with Gasteiger partial charge in [-0.25, -0.2) is 0 Å². The Hall–Kier alpha value is -1.36. The van der Waals surface area contributed by atoms with Gasteiger partial charge in [0.25, 0.3) is 0 Å². The molecule has 0 aliphatic carbocycles. The summed E-state index contributed by atoms with van der Waals surface area (Å²) in [5, 5.41) is 15.9. The average Bonchev–Trinajstić information content (AvgIpc) is 2.51. The van der Waals surface area contributed by atoms with Crippen LogP contribution in [0.15, 0.2) is 6.07 Å². The quantitative estimate of drug-likeness (QED) is 0.707. The summed E-state index contributed by atoms with van der Waals surface area (Å²) >= 11 is 0. The lowest BCUT2D eigenvalue weighted by Crippen LogP contribution is -2.34. The second-order valence-electron chi connectivity index (χ2n) is 4.02. The zero-order valence-corrected chi connectivity index (χ0v) is 10.0. The van der Waals surface area contributed by atoms with Crippen LogP contribution in [-0.2, 0) is 11.3 Å². The van der Waals surface area contributed by atoms with Crippen molar-refractivity contribution < 1.29 is 9.90 Å². The zero-order valence-electron chi connectivity index (χ0n) is 10.0. The second-order valence-corrected chi connectivity index (χ2v) is 4.02. The zero-order chi connectivity index (χ0) is 12.1. The van der Waals surface area contributed by atoms with Gasteiger partial charge in [-0.15, -0.1) is 0 Å². The van der Waals surface area contributed by atoms with Crippen molar-refractivity contribution in [3.05, 3.63) is 17.5 Å². The molecule has 2 N–H and O–H groups in total. The first kappa shape index (κ1) is 12.7. The van der Waals surface area contributed by atoms with Gasteiger partial charge in [0, 0.05) is 12.2 Å². The fourth-order valence-corrected chi connectivity index (χ4v) is 1.54. The maximum absolute atomic E-state index is 10.5. The van der Waals surface area contributed by atoms with Crippen LogP contribution in [0.3, 0.4) is 0 Å². The van der Waals surface area contributed by atoms with Crippen molar-refractivity contribution in [2.45, 2.75) is 39.8 Å². The SMILES string of the molecule is Cc1cc(C)n(CCCNC(C)C(=O)O)n1. The Morgan fingerprint density at radius 2 is 2.31 bits per heavy atom. The van der Waals surface area contributed by atoms with Crippen molar-refractivity contribution in [1.82, 2.24) is 15.1 Å². The second kappa shape index (κ2) is 5.65. The molecule has 1 rings (SSSR count). The molecule has 5 nitrogen and oxygen atoms in total. The molecule has 1 unspecified atom stereocenters. The number of rotatable bonds is 6. The fraction of sp³-hybridized carbons (Fsp3) is 0.636. The predicted octanol–water partition coefficient (Wildman–Crippen LogP) is 0.953. The van der Waals surface area contributed by atoms with Crippen LogP contribution in [0.2, 0.25) is 0 Å². The first-order chi connectivity index (χ1) is 7.50. The van der Waals surface area contributed by atoms with Gasteiger partial charge >= 0.3 is 5.97 Å². The summed E-state index contributed by atoms with van der Waals surface area (Å²) in [6.07, 6.45) is 0.875. The van der Waals surface area contributed by atoms with Crippen LogP contribution in [0.1, 0.15) is 24.7 Å². The van der Waals surface area contributed by atoms with Crippen molar-refractivity contribution in [3.8, 4) is 0 Å². The summed E-state index contributed by atoms with van der Waals surface area (Å²) in [6.45, 7) is 7.14. The number of aromatic nitrogens is 2. The molecule has 0 aliphatic heterocycles. The Bertz CT molecular complexity index is 360. The van der Waals surface area contributed by atoms with Gasteiger partial charge < -0.3 is 10.4 Å². The lowest BCUT2D eigenvalue weighted by Gasteiger charge is -2.09. The van der Waals surface area contributed by atoms with Crippen molar-refractivity contribution in [2.75, 3.05) is 6.54 Å². The van der Waals surface area contributed by atoms with E-state index >= 15 is 0 Å². The molecule has 0 fully saturated rings. The number of nitrogens with one attached hydrogen (secondary N) is 1. The molecule has 0 spiro atoms. The van der Waals surface area contributed by atoms with Crippen molar-refractivity contribution in [2.24, 2.45) is 0 Å². The molecule has 0 aliphatic rings. The average molecular weight is 225 g/mol. The predicted molar refractivity (Wildman–Crippen MR) is 61.4 cm³/mol. The Labute approximate surface area is 95.5 Å². The Morgan fingerprint density at radius 1 is 1.62 bits per heavy atom. The smallest absolute Gasteiger partial charge is 0.320 e. The summed E-state index contributed by atoms with van der Waals surface area (Å²) in [5.74, 6) is -0.814. The molecule has 1 heterocycles. The van der Waals surface area contributed by atoms with E-state index in [1.807, 2.05) is 24.6 Å². The molecule has 1 aromatic heterocycles. The minimum Gasteiger partial charge on any atom is -0.480 e. The molecule has 0 amide bonds. The minimum atomic E-state index is -0.814. The van der Waals surface area contributed by atoms with Gasteiger partial charge in [0.15, 0.2) is 0 Å². The highest BCUT2D eigenvalue weighted by molar-refractivity contribution is 5.72. The molecule has 1 atom stereocenters. The molecule has 16 heavy (non-hydrogen) atoms. The maximum atomic E-state index is 10.5. The Morgan fingerprint density at radius 3 is 2.81 bits per heavy atom. The molecule has 0 radical (unpaired) electrons. The number of nitrogens with zero attached hydrogens (tertiary/aromatic N) is 2. The summed E-state index contributed by atoms with van der Waals surface area (Å²) in [6, 6.07) is 1.55. The van der Waals surface area contributed by atoms with Crippen molar-refractivity contribution >= 4 is 5.97 Å². The monoisotopic (exact) mass is 225 g/mol. The van der Waals surface area contributed by atoms with Crippen LogP contribution in [0, 0.1) is 13.8 Å². The lowest BCUT2D eigenvalue weighted by atomic mass is 10.3. The topological polar surface area (TPSA) is 67.2 Å². The number of carboxylic acids is 1. The van der Waals surface area contributed by atoms with Gasteiger partial charge in [0.1, 0.15) is 6.04 Å². The lowest BCUT2D eigenvalue weighted by molar-refractivity contribution is -0.138. The molecular formula is C11H19N3O2. The van der Waals surface area contributed by atoms with E-state index in [4.69, 9.17) is 5.11 Å². The van der Waals surface area contributed by atoms with Crippen LogP contribution in [0.4, 0.5) is 0 Å². The van der Waals surface area contributed by atoms with Crippen LogP contribution >= 0.6 is 0 Å². The Kier molecular flexibility index (Phi) is 4.49. The van der Waals surface area contributed by atoms with E-state index in [2.05, 4.69) is 10.4 Å². The standard InChI is InChI=1S/C11H19N3O2/c1-8-7-9(2)14(13-8)6-4-5-12-10(3)11(15)16/h7,10,12H,4-6H2,1-3H3,(H,15,16). The third kappa shape index (κ3) is 3.66. The Balaban J connectivity index is 2.26. The number of aliphatic carboxylic acids is 1. The van der Waals surface area contributed by atoms with Crippen LogP contribution in [0.5, 0.6) is 0 Å². The highest BCUT2D eigenvalue weighted by Gasteiger charge is 2.08. The van der Waals surface area contributed by atoms with E-state index in [0.29, 0.717) is 6.54 Å². The van der Waals surface area contributed by atoms with Gasteiger partial charge in [-0.1, -0.05) is 0 Å². The number of hydrogen-bond acceptors (Lipinski definition) is 3. The van der Waals surface area contributed by atoms with Gasteiger partial charge in [-0.05, 0) is 39.8 Å². The molecule has 0 saturated carbocycles. The third-order valence-electron chi connectivity index (χ3n) is 2.47. The van der Waals surface area contributed by atoms with Crippen LogP contribution < -0.4 is 5.32 Å². The minimum absolute atomic E-state index is 0.486. The van der Waals surface area contributed by atoms with E-state index in [-0.39, 0.29) is 0 Å². The number of aryl methyl sites for hydroxylation is 3. The summed E-state index contributed by atoms with van der Waals surface area (Å²) in [5.41, 5.74) is 2.16. The van der Waals surface area contributed by atoms with Gasteiger partial charge in [0.05, 0.1) is 5.69 Å². The first-order valence-corrected chi connectivity index (χ1v) is 5.48. The van der Waals surface area contributed by atoms with Gasteiger partial charge in [0.2, 0.25) is 0 Å². The largest absolute Gasteiger partial charge is 0.480 e. The fourth-order valence-electron chi connectivity index (χ4n) is 1.54. The number of hydrogen-bond donors (Lipinski definition) is 2. The van der Waals surface area contributed by atoms with E-state index in [1.54, 1.807) is 6.92 Å². The van der Waals surface area contributed by atoms with Gasteiger partial charge in [-0.3, -0.25) is 9.48 Å². The van der Waals surface area contributed by atoms with Crippen molar-refractivity contribution in [3.63, 3.8) is 0 Å². The van der Waals surface area contributed by atoms with Crippen LogP contribution in [-0.4, -0.2) is 33.4 Å². The maximum Gasteiger partial charge on any atom is 0.320 e. The molecule has 0 aromatic carbocycles. The molecule has 90 valence electrons. The third-order valence-corrected chi connectivity index (χ3v) is 2.47. The highest BCUT2D eigenvalue weighted by atomic mass is 16.4.